The third-order valence-electron chi connectivity index (χ3n) is 1.87. The number of nitriles is 1. The van der Waals surface area contributed by atoms with Crippen molar-refractivity contribution in [3.05, 3.63) is 29.3 Å². The highest BCUT2D eigenvalue weighted by Gasteiger charge is 2.04. The molecular weight excluding hydrogens is 178 g/mol. The Labute approximate surface area is 82.3 Å². The quantitative estimate of drug-likeness (QED) is 0.741. The van der Waals surface area contributed by atoms with Gasteiger partial charge in [0.1, 0.15) is 6.07 Å². The van der Waals surface area contributed by atoms with Gasteiger partial charge in [-0.25, -0.2) is 4.79 Å². The number of primary amides is 1. The molecule has 1 rings (SSSR count). The minimum atomic E-state index is -0.661. The van der Waals surface area contributed by atoms with Gasteiger partial charge in [0.05, 0.1) is 11.3 Å². The van der Waals surface area contributed by atoms with Gasteiger partial charge in [-0.1, -0.05) is 13.0 Å². The lowest BCUT2D eigenvalue weighted by Gasteiger charge is -2.05. The van der Waals surface area contributed by atoms with E-state index in [1.807, 2.05) is 19.1 Å². The molecule has 0 aliphatic carbocycles. The van der Waals surface area contributed by atoms with Crippen LogP contribution >= 0.6 is 0 Å². The molecule has 0 heterocycles. The van der Waals surface area contributed by atoms with E-state index in [-0.39, 0.29) is 0 Å². The maximum atomic E-state index is 10.6. The van der Waals surface area contributed by atoms with Gasteiger partial charge >= 0.3 is 6.03 Å². The average molecular weight is 189 g/mol. The number of rotatable bonds is 2. The number of urea groups is 1. The molecule has 0 aliphatic rings. The molecule has 0 atom stereocenters. The van der Waals surface area contributed by atoms with Crippen molar-refractivity contribution < 1.29 is 4.79 Å². The maximum Gasteiger partial charge on any atom is 0.316 e. The van der Waals surface area contributed by atoms with Gasteiger partial charge in [0.25, 0.3) is 0 Å². The maximum absolute atomic E-state index is 10.6. The molecule has 0 radical (unpaired) electrons. The standard InChI is InChI=1S/C10H11N3O/c1-2-7-3-4-9(13-10(12)14)8(5-7)6-11/h3-5H,2H2,1H3,(H3,12,13,14). The van der Waals surface area contributed by atoms with Crippen LogP contribution < -0.4 is 11.1 Å². The molecule has 0 bridgehead atoms. The van der Waals surface area contributed by atoms with Crippen LogP contribution in [-0.2, 0) is 6.42 Å². The Morgan fingerprint density at radius 3 is 2.86 bits per heavy atom. The number of amides is 2. The summed E-state index contributed by atoms with van der Waals surface area (Å²) in [5.74, 6) is 0. The van der Waals surface area contributed by atoms with Gasteiger partial charge in [0, 0.05) is 0 Å². The van der Waals surface area contributed by atoms with Gasteiger partial charge in [0.2, 0.25) is 0 Å². The van der Waals surface area contributed by atoms with E-state index in [9.17, 15) is 4.79 Å². The third-order valence-corrected chi connectivity index (χ3v) is 1.87. The molecule has 3 N–H and O–H groups in total. The predicted molar refractivity (Wildman–Crippen MR) is 53.7 cm³/mol. The highest BCUT2D eigenvalue weighted by molar-refractivity contribution is 5.89. The minimum absolute atomic E-state index is 0.433. The largest absolute Gasteiger partial charge is 0.351 e. The molecule has 2 amide bonds. The van der Waals surface area contributed by atoms with E-state index in [1.165, 1.54) is 0 Å². The molecule has 0 saturated heterocycles. The zero-order valence-corrected chi connectivity index (χ0v) is 7.87. The van der Waals surface area contributed by atoms with Crippen LogP contribution in [0.25, 0.3) is 0 Å². The van der Waals surface area contributed by atoms with E-state index in [4.69, 9.17) is 11.0 Å². The number of nitrogens with zero attached hydrogens (tertiary/aromatic N) is 1. The summed E-state index contributed by atoms with van der Waals surface area (Å²) in [5.41, 5.74) is 6.90. The second kappa shape index (κ2) is 4.28. The Morgan fingerprint density at radius 1 is 1.64 bits per heavy atom. The summed E-state index contributed by atoms with van der Waals surface area (Å²) in [6, 6.07) is 6.62. The molecule has 0 unspecified atom stereocenters. The molecule has 0 saturated carbocycles. The molecule has 0 spiro atoms. The van der Waals surface area contributed by atoms with Crippen LogP contribution in [0, 0.1) is 11.3 Å². The van der Waals surface area contributed by atoms with Crippen molar-refractivity contribution in [2.45, 2.75) is 13.3 Å². The zero-order valence-electron chi connectivity index (χ0n) is 7.87. The predicted octanol–water partition coefficient (Wildman–Crippen LogP) is 1.61. The van der Waals surface area contributed by atoms with Crippen molar-refractivity contribution in [3.63, 3.8) is 0 Å². The summed E-state index contributed by atoms with van der Waals surface area (Å²) in [5, 5.41) is 11.2. The molecule has 1 aromatic rings. The fraction of sp³-hybridized carbons (Fsp3) is 0.200. The van der Waals surface area contributed by atoms with Crippen molar-refractivity contribution in [1.29, 1.82) is 5.26 Å². The van der Waals surface area contributed by atoms with E-state index in [1.54, 1.807) is 12.1 Å². The first kappa shape index (κ1) is 10.1. The van der Waals surface area contributed by atoms with Crippen LogP contribution in [0.4, 0.5) is 10.5 Å². The highest BCUT2D eigenvalue weighted by atomic mass is 16.2. The monoisotopic (exact) mass is 189 g/mol. The summed E-state index contributed by atoms with van der Waals surface area (Å²) >= 11 is 0. The minimum Gasteiger partial charge on any atom is -0.351 e. The first-order valence-electron chi connectivity index (χ1n) is 4.27. The number of carbonyl (C=O) groups excluding carboxylic acids is 1. The van der Waals surface area contributed by atoms with Gasteiger partial charge in [-0.3, -0.25) is 0 Å². The molecule has 0 aromatic heterocycles. The van der Waals surface area contributed by atoms with Gasteiger partial charge in [-0.15, -0.1) is 0 Å². The van der Waals surface area contributed by atoms with E-state index in [2.05, 4.69) is 5.32 Å². The molecule has 0 fully saturated rings. The number of nitrogens with one attached hydrogen (secondary N) is 1. The van der Waals surface area contributed by atoms with Crippen molar-refractivity contribution in [2.24, 2.45) is 5.73 Å². The number of hydrogen-bond acceptors (Lipinski definition) is 2. The van der Waals surface area contributed by atoms with Gasteiger partial charge in [-0.05, 0) is 24.1 Å². The fourth-order valence-electron chi connectivity index (χ4n) is 1.15. The highest BCUT2D eigenvalue weighted by Crippen LogP contribution is 2.16. The molecule has 0 aliphatic heterocycles. The van der Waals surface area contributed by atoms with E-state index >= 15 is 0 Å². The Balaban J connectivity index is 3.07. The van der Waals surface area contributed by atoms with E-state index in [0.717, 1.165) is 12.0 Å². The number of aryl methyl sites for hydroxylation is 1. The number of hydrogen-bond donors (Lipinski definition) is 2. The lowest BCUT2D eigenvalue weighted by atomic mass is 10.1. The molecule has 1 aromatic carbocycles. The Bertz CT molecular complexity index is 393. The first-order valence-corrected chi connectivity index (χ1v) is 4.27. The van der Waals surface area contributed by atoms with E-state index in [0.29, 0.717) is 11.3 Å². The molecule has 4 nitrogen and oxygen atoms in total. The topological polar surface area (TPSA) is 78.9 Å². The summed E-state index contributed by atoms with van der Waals surface area (Å²) in [7, 11) is 0. The molecule has 4 heteroatoms. The van der Waals surface area contributed by atoms with Crippen molar-refractivity contribution >= 4 is 11.7 Å². The van der Waals surface area contributed by atoms with Crippen LogP contribution in [0.3, 0.4) is 0 Å². The average Bonchev–Trinajstić information content (AvgIpc) is 2.17. The molecular formula is C10H11N3O. The van der Waals surface area contributed by atoms with Crippen molar-refractivity contribution in [2.75, 3.05) is 5.32 Å². The third kappa shape index (κ3) is 2.23. The lowest BCUT2D eigenvalue weighted by molar-refractivity contribution is 0.259. The second-order valence-electron chi connectivity index (χ2n) is 2.83. The second-order valence-corrected chi connectivity index (χ2v) is 2.83. The Morgan fingerprint density at radius 2 is 2.36 bits per heavy atom. The smallest absolute Gasteiger partial charge is 0.316 e. The van der Waals surface area contributed by atoms with E-state index < -0.39 is 6.03 Å². The van der Waals surface area contributed by atoms with Crippen molar-refractivity contribution in [1.82, 2.24) is 0 Å². The Hall–Kier alpha value is -2.02. The summed E-state index contributed by atoms with van der Waals surface area (Å²) < 4.78 is 0. The number of carbonyl (C=O) groups is 1. The van der Waals surface area contributed by atoms with Crippen LogP contribution in [0.15, 0.2) is 18.2 Å². The van der Waals surface area contributed by atoms with Crippen LogP contribution in [0.2, 0.25) is 0 Å². The Kier molecular flexibility index (Phi) is 3.08. The summed E-state index contributed by atoms with van der Waals surface area (Å²) in [6.45, 7) is 2.00. The SMILES string of the molecule is CCc1ccc(NC(N)=O)c(C#N)c1. The van der Waals surface area contributed by atoms with Crippen LogP contribution in [0.5, 0.6) is 0 Å². The summed E-state index contributed by atoms with van der Waals surface area (Å²) in [6.07, 6.45) is 0.853. The lowest BCUT2D eigenvalue weighted by Crippen LogP contribution is -2.19. The molecule has 14 heavy (non-hydrogen) atoms. The van der Waals surface area contributed by atoms with Gasteiger partial charge in [0.15, 0.2) is 0 Å². The number of nitrogens with two attached hydrogens (primary N) is 1. The van der Waals surface area contributed by atoms with Gasteiger partial charge in [-0.2, -0.15) is 5.26 Å². The normalized spacial score (nSPS) is 9.14. The number of anilines is 1. The zero-order chi connectivity index (χ0) is 10.6. The van der Waals surface area contributed by atoms with Crippen LogP contribution in [-0.4, -0.2) is 6.03 Å². The van der Waals surface area contributed by atoms with Crippen molar-refractivity contribution in [3.8, 4) is 6.07 Å². The molecule has 72 valence electrons. The van der Waals surface area contributed by atoms with Crippen LogP contribution in [0.1, 0.15) is 18.1 Å². The first-order chi connectivity index (χ1) is 6.67. The summed E-state index contributed by atoms with van der Waals surface area (Å²) in [4.78, 5) is 10.6. The fourth-order valence-corrected chi connectivity index (χ4v) is 1.15. The number of benzene rings is 1. The van der Waals surface area contributed by atoms with Gasteiger partial charge < -0.3 is 11.1 Å².